The maximum Gasteiger partial charge on any atom is 0.250 e. The molecule has 0 fully saturated rings. The number of nitrogen functional groups attached to an aromatic ring is 1. The summed E-state index contributed by atoms with van der Waals surface area (Å²) >= 11 is 0. The van der Waals surface area contributed by atoms with Crippen molar-refractivity contribution < 1.29 is 4.79 Å². The van der Waals surface area contributed by atoms with E-state index in [1.54, 1.807) is 6.07 Å². The van der Waals surface area contributed by atoms with Crippen LogP contribution >= 0.6 is 0 Å². The highest BCUT2D eigenvalue weighted by atomic mass is 16.1. The quantitative estimate of drug-likeness (QED) is 0.539. The first-order valence-electron chi connectivity index (χ1n) is 2.77. The molecule has 0 saturated carbocycles. The fourth-order valence-corrected chi connectivity index (χ4v) is 0.668. The van der Waals surface area contributed by atoms with E-state index in [4.69, 9.17) is 11.5 Å². The van der Waals surface area contributed by atoms with Crippen molar-refractivity contribution in [3.63, 3.8) is 0 Å². The van der Waals surface area contributed by atoms with Crippen LogP contribution in [-0.4, -0.2) is 5.91 Å². The van der Waals surface area contributed by atoms with Crippen LogP contribution in [0.1, 0.15) is 10.4 Å². The lowest BCUT2D eigenvalue weighted by molar-refractivity contribution is 0.100. The van der Waals surface area contributed by atoms with Gasteiger partial charge in [0.2, 0.25) is 0 Å². The monoisotopic (exact) mass is 135 g/mol. The molecular weight excluding hydrogens is 128 g/mol. The number of anilines is 1. The van der Waals surface area contributed by atoms with Crippen LogP contribution in [0.5, 0.6) is 0 Å². The van der Waals surface area contributed by atoms with Gasteiger partial charge in [0.1, 0.15) is 0 Å². The Kier molecular flexibility index (Phi) is 1.58. The van der Waals surface area contributed by atoms with Gasteiger partial charge < -0.3 is 11.5 Å². The van der Waals surface area contributed by atoms with Gasteiger partial charge in [0.25, 0.3) is 5.91 Å². The zero-order chi connectivity index (χ0) is 7.56. The molecule has 0 heterocycles. The molecule has 4 N–H and O–H groups in total. The van der Waals surface area contributed by atoms with Crippen LogP contribution in [0.15, 0.2) is 18.2 Å². The Bertz CT molecular complexity index is 258. The van der Waals surface area contributed by atoms with Gasteiger partial charge in [0, 0.05) is 5.69 Å². The highest BCUT2D eigenvalue weighted by Gasteiger charge is 2.01. The van der Waals surface area contributed by atoms with Crippen molar-refractivity contribution in [2.75, 3.05) is 5.73 Å². The van der Waals surface area contributed by atoms with Crippen LogP contribution in [0.4, 0.5) is 5.69 Å². The second-order valence-corrected chi connectivity index (χ2v) is 1.88. The normalized spacial score (nSPS) is 9.20. The first-order chi connectivity index (χ1) is 4.72. The molecule has 10 heavy (non-hydrogen) atoms. The lowest BCUT2D eigenvalue weighted by Gasteiger charge is -1.97. The molecule has 3 heteroatoms. The van der Waals surface area contributed by atoms with Gasteiger partial charge in [0.15, 0.2) is 0 Å². The predicted molar refractivity (Wildman–Crippen MR) is 38.2 cm³/mol. The van der Waals surface area contributed by atoms with E-state index in [2.05, 4.69) is 6.07 Å². The third kappa shape index (κ3) is 1.07. The number of hydrogen-bond donors (Lipinski definition) is 2. The molecule has 0 spiro atoms. The summed E-state index contributed by atoms with van der Waals surface area (Å²) in [4.78, 5) is 10.6. The molecule has 0 atom stereocenters. The molecule has 3 nitrogen and oxygen atoms in total. The predicted octanol–water partition coefficient (Wildman–Crippen LogP) is 0.168. The lowest BCUT2D eigenvalue weighted by Crippen LogP contribution is -2.12. The van der Waals surface area contributed by atoms with Gasteiger partial charge in [-0.1, -0.05) is 6.07 Å². The number of carbonyl (C=O) groups is 1. The molecule has 0 aliphatic rings. The average Bonchev–Trinajstić information content (AvgIpc) is 1.88. The van der Waals surface area contributed by atoms with Crippen molar-refractivity contribution in [1.29, 1.82) is 0 Å². The second-order valence-electron chi connectivity index (χ2n) is 1.88. The number of amides is 1. The summed E-state index contributed by atoms with van der Waals surface area (Å²) in [5.74, 6) is -0.508. The number of primary amides is 1. The summed E-state index contributed by atoms with van der Waals surface area (Å²) in [6.07, 6.45) is 0. The molecule has 0 bridgehead atoms. The summed E-state index contributed by atoms with van der Waals surface area (Å²) in [5.41, 5.74) is 11.1. The molecule has 0 unspecified atom stereocenters. The minimum atomic E-state index is -0.508. The van der Waals surface area contributed by atoms with Gasteiger partial charge in [-0.2, -0.15) is 0 Å². The average molecular weight is 135 g/mol. The third-order valence-corrected chi connectivity index (χ3v) is 1.16. The minimum Gasteiger partial charge on any atom is -0.398 e. The van der Waals surface area contributed by atoms with Crippen LogP contribution in [0.3, 0.4) is 0 Å². The van der Waals surface area contributed by atoms with Crippen molar-refractivity contribution in [2.45, 2.75) is 0 Å². The Labute approximate surface area is 58.6 Å². The maximum absolute atomic E-state index is 10.6. The summed E-state index contributed by atoms with van der Waals surface area (Å²) in [5, 5.41) is 0. The first kappa shape index (κ1) is 6.61. The molecule has 51 valence electrons. The topological polar surface area (TPSA) is 69.1 Å². The molecule has 0 aromatic heterocycles. The van der Waals surface area contributed by atoms with Gasteiger partial charge in [-0.05, 0) is 18.2 Å². The van der Waals surface area contributed by atoms with E-state index in [0.717, 1.165) is 0 Å². The smallest absolute Gasteiger partial charge is 0.250 e. The van der Waals surface area contributed by atoms with Crippen LogP contribution < -0.4 is 11.5 Å². The number of carbonyl (C=O) groups excluding carboxylic acids is 1. The van der Waals surface area contributed by atoms with Crippen LogP contribution in [0.2, 0.25) is 0 Å². The SMILES string of the molecule is NC(=O)c1cc[c]cc1N. The Morgan fingerprint density at radius 1 is 1.60 bits per heavy atom. The van der Waals surface area contributed by atoms with E-state index in [1.165, 1.54) is 12.1 Å². The standard InChI is InChI=1S/C7H7N2O/c8-6-4-2-1-3-5(6)7(9)10/h1,3-4H,8H2,(H2,9,10). The molecule has 0 saturated heterocycles. The molecule has 1 aromatic carbocycles. The van der Waals surface area contributed by atoms with E-state index < -0.39 is 5.91 Å². The molecule has 0 aliphatic carbocycles. The first-order valence-corrected chi connectivity index (χ1v) is 2.77. The molecule has 1 rings (SSSR count). The fraction of sp³-hybridized carbons (Fsp3) is 0. The minimum absolute atomic E-state index is 0.346. The van der Waals surface area contributed by atoms with Crippen LogP contribution in [-0.2, 0) is 0 Å². The number of hydrogen-bond acceptors (Lipinski definition) is 2. The van der Waals surface area contributed by atoms with Crippen LogP contribution in [0.25, 0.3) is 0 Å². The maximum atomic E-state index is 10.6. The molecular formula is C7H7N2O. The lowest BCUT2D eigenvalue weighted by atomic mass is 10.2. The van der Waals surface area contributed by atoms with Crippen molar-refractivity contribution in [2.24, 2.45) is 5.73 Å². The van der Waals surface area contributed by atoms with Gasteiger partial charge in [-0.15, -0.1) is 0 Å². The Hall–Kier alpha value is -1.51. The molecule has 0 aliphatic heterocycles. The van der Waals surface area contributed by atoms with E-state index >= 15 is 0 Å². The van der Waals surface area contributed by atoms with Crippen molar-refractivity contribution in [3.8, 4) is 0 Å². The number of benzene rings is 1. The zero-order valence-electron chi connectivity index (χ0n) is 5.29. The summed E-state index contributed by atoms with van der Waals surface area (Å²) < 4.78 is 0. The highest BCUT2D eigenvalue weighted by Crippen LogP contribution is 2.07. The Morgan fingerprint density at radius 3 is 2.70 bits per heavy atom. The summed E-state index contributed by atoms with van der Waals surface area (Å²) in [6, 6.07) is 7.37. The highest BCUT2D eigenvalue weighted by molar-refractivity contribution is 5.97. The second kappa shape index (κ2) is 2.39. The zero-order valence-corrected chi connectivity index (χ0v) is 5.29. The van der Waals surface area contributed by atoms with Crippen molar-refractivity contribution in [1.82, 2.24) is 0 Å². The van der Waals surface area contributed by atoms with Gasteiger partial charge in [-0.3, -0.25) is 4.79 Å². The van der Waals surface area contributed by atoms with Gasteiger partial charge in [0.05, 0.1) is 5.56 Å². The van der Waals surface area contributed by atoms with Gasteiger partial charge in [-0.25, -0.2) is 0 Å². The van der Waals surface area contributed by atoms with E-state index in [0.29, 0.717) is 11.3 Å². The van der Waals surface area contributed by atoms with Crippen molar-refractivity contribution >= 4 is 11.6 Å². The van der Waals surface area contributed by atoms with Crippen molar-refractivity contribution in [3.05, 3.63) is 29.8 Å². The number of rotatable bonds is 1. The fourth-order valence-electron chi connectivity index (χ4n) is 0.668. The Morgan fingerprint density at radius 2 is 2.30 bits per heavy atom. The van der Waals surface area contributed by atoms with Crippen LogP contribution in [0, 0.1) is 6.07 Å². The summed E-state index contributed by atoms with van der Waals surface area (Å²) in [6.45, 7) is 0. The largest absolute Gasteiger partial charge is 0.398 e. The van der Waals surface area contributed by atoms with Gasteiger partial charge >= 0.3 is 0 Å². The molecule has 1 amide bonds. The molecule has 1 radical (unpaired) electrons. The van der Waals surface area contributed by atoms with E-state index in [-0.39, 0.29) is 0 Å². The number of nitrogens with two attached hydrogens (primary N) is 2. The molecule has 1 aromatic rings. The third-order valence-electron chi connectivity index (χ3n) is 1.16. The van der Waals surface area contributed by atoms with E-state index in [1.807, 2.05) is 0 Å². The summed E-state index contributed by atoms with van der Waals surface area (Å²) in [7, 11) is 0. The Balaban J connectivity index is 3.15. The van der Waals surface area contributed by atoms with E-state index in [9.17, 15) is 4.79 Å².